The minimum atomic E-state index is 0.946. The van der Waals surface area contributed by atoms with Crippen molar-refractivity contribution < 1.29 is 4.42 Å². The minimum Gasteiger partial charge on any atom is -0.459 e. The summed E-state index contributed by atoms with van der Waals surface area (Å²) in [6, 6.07) is 8.36. The van der Waals surface area contributed by atoms with Gasteiger partial charge in [-0.25, -0.2) is 0 Å². The van der Waals surface area contributed by atoms with Gasteiger partial charge in [0.05, 0.1) is 11.0 Å². The summed E-state index contributed by atoms with van der Waals surface area (Å²) in [7, 11) is 0. The lowest BCUT2D eigenvalue weighted by Gasteiger charge is -2.17. The Morgan fingerprint density at radius 3 is 2.61 bits per heavy atom. The molecule has 1 aliphatic heterocycles. The van der Waals surface area contributed by atoms with Gasteiger partial charge in [-0.1, -0.05) is 25.0 Å². The Kier molecular flexibility index (Phi) is 3.71. The van der Waals surface area contributed by atoms with Gasteiger partial charge in [0.25, 0.3) is 0 Å². The fraction of sp³-hybridized carbons (Fsp3) is 0.467. The minimum absolute atomic E-state index is 0.946. The molecule has 0 spiro atoms. The van der Waals surface area contributed by atoms with E-state index in [1.54, 1.807) is 0 Å². The molecule has 1 aromatic heterocycles. The molecule has 0 atom stereocenters. The standard InChI is InChI=1S/C15H18BrNO/c16-14-7-5-6-12-10-13(18-15(12)14)11-17-8-3-1-2-4-9-17/h5-7,10H,1-4,8-9,11H2. The maximum atomic E-state index is 5.95. The molecule has 0 unspecified atom stereocenters. The maximum absolute atomic E-state index is 5.95. The van der Waals surface area contributed by atoms with E-state index in [-0.39, 0.29) is 0 Å². The van der Waals surface area contributed by atoms with Gasteiger partial charge in [-0.2, -0.15) is 0 Å². The van der Waals surface area contributed by atoms with Crippen molar-refractivity contribution in [3.8, 4) is 0 Å². The number of halogens is 1. The fourth-order valence-electron chi connectivity index (χ4n) is 2.67. The van der Waals surface area contributed by atoms with Gasteiger partial charge in [0.1, 0.15) is 11.3 Å². The van der Waals surface area contributed by atoms with Crippen molar-refractivity contribution in [2.75, 3.05) is 13.1 Å². The molecule has 0 aliphatic carbocycles. The highest BCUT2D eigenvalue weighted by Gasteiger charge is 2.13. The Bertz CT molecular complexity index is 526. The van der Waals surface area contributed by atoms with Gasteiger partial charge in [-0.05, 0) is 54.0 Å². The van der Waals surface area contributed by atoms with Crippen LogP contribution in [-0.2, 0) is 6.54 Å². The van der Waals surface area contributed by atoms with Gasteiger partial charge in [0.15, 0.2) is 0 Å². The lowest BCUT2D eigenvalue weighted by Crippen LogP contribution is -2.23. The fourth-order valence-corrected chi connectivity index (χ4v) is 3.14. The van der Waals surface area contributed by atoms with E-state index >= 15 is 0 Å². The Morgan fingerprint density at radius 2 is 1.89 bits per heavy atom. The van der Waals surface area contributed by atoms with Crippen molar-refractivity contribution in [3.05, 3.63) is 34.5 Å². The van der Waals surface area contributed by atoms with Gasteiger partial charge in [-0.3, -0.25) is 4.90 Å². The second-order valence-electron chi connectivity index (χ2n) is 5.06. The first-order chi connectivity index (χ1) is 8.83. The molecule has 18 heavy (non-hydrogen) atoms. The number of furan rings is 1. The van der Waals surface area contributed by atoms with Crippen molar-refractivity contribution in [2.24, 2.45) is 0 Å². The average molecular weight is 308 g/mol. The predicted octanol–water partition coefficient (Wildman–Crippen LogP) is 4.57. The molecule has 0 saturated carbocycles. The number of rotatable bonds is 2. The van der Waals surface area contributed by atoms with E-state index in [1.165, 1.54) is 44.2 Å². The number of para-hydroxylation sites is 1. The molecule has 0 radical (unpaired) electrons. The van der Waals surface area contributed by atoms with Crippen LogP contribution < -0.4 is 0 Å². The summed E-state index contributed by atoms with van der Waals surface area (Å²) < 4.78 is 7.00. The predicted molar refractivity (Wildman–Crippen MR) is 77.7 cm³/mol. The van der Waals surface area contributed by atoms with Crippen LogP contribution in [0.5, 0.6) is 0 Å². The van der Waals surface area contributed by atoms with E-state index in [0.29, 0.717) is 0 Å². The second kappa shape index (κ2) is 5.45. The molecular formula is C15H18BrNO. The lowest BCUT2D eigenvalue weighted by atomic mass is 10.2. The van der Waals surface area contributed by atoms with Gasteiger partial charge < -0.3 is 4.42 Å². The van der Waals surface area contributed by atoms with Crippen LogP contribution >= 0.6 is 15.9 Å². The molecule has 1 aromatic carbocycles. The van der Waals surface area contributed by atoms with Gasteiger partial charge in [0.2, 0.25) is 0 Å². The van der Waals surface area contributed by atoms with Crippen LogP contribution in [0.3, 0.4) is 0 Å². The second-order valence-corrected chi connectivity index (χ2v) is 5.92. The number of benzene rings is 1. The number of hydrogen-bond donors (Lipinski definition) is 0. The molecular weight excluding hydrogens is 290 g/mol. The first-order valence-electron chi connectivity index (χ1n) is 6.72. The van der Waals surface area contributed by atoms with Crippen LogP contribution in [0.1, 0.15) is 31.4 Å². The molecule has 3 heteroatoms. The average Bonchev–Trinajstić information content (AvgIpc) is 2.60. The molecule has 2 nitrogen and oxygen atoms in total. The van der Waals surface area contributed by atoms with Crippen LogP contribution in [0, 0.1) is 0 Å². The lowest BCUT2D eigenvalue weighted by molar-refractivity contribution is 0.256. The van der Waals surface area contributed by atoms with Gasteiger partial charge in [-0.15, -0.1) is 0 Å². The van der Waals surface area contributed by atoms with E-state index in [0.717, 1.165) is 22.4 Å². The summed E-state index contributed by atoms with van der Waals surface area (Å²) in [5.74, 6) is 1.08. The summed E-state index contributed by atoms with van der Waals surface area (Å²) in [4.78, 5) is 2.51. The first-order valence-corrected chi connectivity index (χ1v) is 7.51. The smallest absolute Gasteiger partial charge is 0.148 e. The monoisotopic (exact) mass is 307 g/mol. The molecule has 3 rings (SSSR count). The normalized spacial score (nSPS) is 18.1. The molecule has 2 heterocycles. The van der Waals surface area contributed by atoms with Crippen molar-refractivity contribution >= 4 is 26.9 Å². The number of nitrogens with zero attached hydrogens (tertiary/aromatic N) is 1. The summed E-state index contributed by atoms with van der Waals surface area (Å²) in [5.41, 5.74) is 0.974. The Morgan fingerprint density at radius 1 is 1.11 bits per heavy atom. The summed E-state index contributed by atoms with van der Waals surface area (Å²) in [5, 5.41) is 1.19. The SMILES string of the molecule is Brc1cccc2cc(CN3CCCCCC3)oc12. The molecule has 1 aliphatic rings. The summed E-state index contributed by atoms with van der Waals surface area (Å²) in [6.07, 6.45) is 5.40. The van der Waals surface area contributed by atoms with Crippen molar-refractivity contribution in [3.63, 3.8) is 0 Å². The highest BCUT2D eigenvalue weighted by molar-refractivity contribution is 9.10. The van der Waals surface area contributed by atoms with Crippen molar-refractivity contribution in [1.82, 2.24) is 4.90 Å². The van der Waals surface area contributed by atoms with Gasteiger partial charge >= 0.3 is 0 Å². The molecule has 0 amide bonds. The molecule has 1 fully saturated rings. The van der Waals surface area contributed by atoms with Crippen molar-refractivity contribution in [1.29, 1.82) is 0 Å². The van der Waals surface area contributed by atoms with E-state index in [4.69, 9.17) is 4.42 Å². The van der Waals surface area contributed by atoms with E-state index in [2.05, 4.69) is 39.0 Å². The third-order valence-corrected chi connectivity index (χ3v) is 4.25. The van der Waals surface area contributed by atoms with Crippen LogP contribution in [0.25, 0.3) is 11.0 Å². The quantitative estimate of drug-likeness (QED) is 0.808. The molecule has 96 valence electrons. The molecule has 2 aromatic rings. The third kappa shape index (κ3) is 2.62. The molecule has 0 N–H and O–H groups in total. The van der Waals surface area contributed by atoms with Crippen LogP contribution in [0.4, 0.5) is 0 Å². The van der Waals surface area contributed by atoms with Crippen LogP contribution in [-0.4, -0.2) is 18.0 Å². The summed E-state index contributed by atoms with van der Waals surface area (Å²) in [6.45, 7) is 3.36. The molecule has 1 saturated heterocycles. The zero-order chi connectivity index (χ0) is 12.4. The largest absolute Gasteiger partial charge is 0.459 e. The Hall–Kier alpha value is -0.800. The number of hydrogen-bond acceptors (Lipinski definition) is 2. The molecule has 0 bridgehead atoms. The zero-order valence-corrected chi connectivity index (χ0v) is 12.1. The summed E-state index contributed by atoms with van der Waals surface area (Å²) >= 11 is 3.54. The highest BCUT2D eigenvalue weighted by Crippen LogP contribution is 2.27. The topological polar surface area (TPSA) is 16.4 Å². The number of likely N-dealkylation sites (tertiary alicyclic amines) is 1. The Labute approximate surface area is 116 Å². The van der Waals surface area contributed by atoms with E-state index < -0.39 is 0 Å². The van der Waals surface area contributed by atoms with Crippen molar-refractivity contribution in [2.45, 2.75) is 32.2 Å². The number of fused-ring (bicyclic) bond motifs is 1. The highest BCUT2D eigenvalue weighted by atomic mass is 79.9. The van der Waals surface area contributed by atoms with Gasteiger partial charge in [0, 0.05) is 5.39 Å². The first kappa shape index (κ1) is 12.2. The third-order valence-electron chi connectivity index (χ3n) is 3.63. The zero-order valence-electron chi connectivity index (χ0n) is 10.5. The van der Waals surface area contributed by atoms with Crippen LogP contribution in [0.15, 0.2) is 33.2 Å². The van der Waals surface area contributed by atoms with Crippen LogP contribution in [0.2, 0.25) is 0 Å². The maximum Gasteiger partial charge on any atom is 0.148 e. The van der Waals surface area contributed by atoms with E-state index in [1.807, 2.05) is 6.07 Å². The Balaban J connectivity index is 1.79. The van der Waals surface area contributed by atoms with E-state index in [9.17, 15) is 0 Å².